The molecule has 2 aromatic carbocycles. The Morgan fingerprint density at radius 2 is 1.85 bits per heavy atom. The van der Waals surface area contributed by atoms with Crippen molar-refractivity contribution in [3.8, 4) is 11.5 Å². The molecule has 9 nitrogen and oxygen atoms in total. The zero-order chi connectivity index (χ0) is 23.8. The fourth-order valence-electron chi connectivity index (χ4n) is 3.46. The Hall–Kier alpha value is -3.88. The normalized spacial score (nSPS) is 11.6. The number of rotatable bonds is 10. The predicted molar refractivity (Wildman–Crippen MR) is 122 cm³/mol. The molecule has 0 aliphatic rings. The van der Waals surface area contributed by atoms with Gasteiger partial charge in [0, 0.05) is 13.0 Å². The highest BCUT2D eigenvalue weighted by Crippen LogP contribution is 2.31. The molecule has 1 amide bonds. The molecule has 1 unspecified atom stereocenters. The Kier molecular flexibility index (Phi) is 8.01. The maximum absolute atomic E-state index is 12.7. The van der Waals surface area contributed by atoms with Crippen LogP contribution in [0.5, 0.6) is 11.5 Å². The predicted octanol–water partition coefficient (Wildman–Crippen LogP) is 2.61. The molecule has 0 aliphatic heterocycles. The minimum absolute atomic E-state index is 0.0343. The van der Waals surface area contributed by atoms with Crippen LogP contribution < -0.4 is 20.3 Å². The molecule has 0 aliphatic carbocycles. The molecule has 1 aromatic heterocycles. The van der Waals surface area contributed by atoms with Crippen molar-refractivity contribution in [3.05, 3.63) is 64.7 Å². The number of nitrogens with one attached hydrogen (secondary N) is 1. The number of hydrogen-bond donors (Lipinski definition) is 1. The first-order valence-electron chi connectivity index (χ1n) is 10.6. The molecule has 0 saturated carbocycles. The number of para-hydroxylation sites is 1. The summed E-state index contributed by atoms with van der Waals surface area (Å²) in [6.07, 6.45) is 1.42. The first-order chi connectivity index (χ1) is 16.0. The summed E-state index contributed by atoms with van der Waals surface area (Å²) in [6.45, 7) is 2.11. The van der Waals surface area contributed by atoms with E-state index in [4.69, 9.17) is 14.2 Å². The van der Waals surface area contributed by atoms with Gasteiger partial charge in [-0.3, -0.25) is 19.0 Å². The number of aromatic nitrogens is 2. The van der Waals surface area contributed by atoms with Gasteiger partial charge in [-0.05, 0) is 36.8 Å². The van der Waals surface area contributed by atoms with E-state index in [1.54, 1.807) is 43.3 Å². The number of ether oxygens (including phenoxy) is 3. The van der Waals surface area contributed by atoms with Crippen LogP contribution in [0, 0.1) is 0 Å². The molecule has 0 spiro atoms. The fraction of sp³-hybridized carbons (Fsp3) is 0.333. The molecular weight excluding hydrogens is 426 g/mol. The van der Waals surface area contributed by atoms with Gasteiger partial charge in [0.25, 0.3) is 5.56 Å². The summed E-state index contributed by atoms with van der Waals surface area (Å²) < 4.78 is 17.1. The van der Waals surface area contributed by atoms with E-state index in [9.17, 15) is 14.4 Å². The number of amides is 1. The Bertz CT molecular complexity index is 1190. The highest BCUT2D eigenvalue weighted by Gasteiger charge is 2.21. The van der Waals surface area contributed by atoms with Crippen molar-refractivity contribution in [1.82, 2.24) is 14.9 Å². The SMILES string of the molecule is CCOC(=O)CC(NC(=O)CCn1cnc2ccccc2c1=O)c1ccc(OC)c(OC)c1. The molecule has 174 valence electrons. The van der Waals surface area contributed by atoms with E-state index in [1.807, 2.05) is 6.07 Å². The van der Waals surface area contributed by atoms with Gasteiger partial charge in [0.1, 0.15) is 0 Å². The molecule has 1 atom stereocenters. The Morgan fingerprint density at radius 1 is 1.09 bits per heavy atom. The van der Waals surface area contributed by atoms with Gasteiger partial charge >= 0.3 is 5.97 Å². The maximum Gasteiger partial charge on any atom is 0.308 e. The van der Waals surface area contributed by atoms with E-state index >= 15 is 0 Å². The first kappa shape index (κ1) is 23.8. The van der Waals surface area contributed by atoms with Gasteiger partial charge in [0.2, 0.25) is 5.91 Å². The van der Waals surface area contributed by atoms with Crippen molar-refractivity contribution in [3.63, 3.8) is 0 Å². The molecule has 0 saturated heterocycles. The van der Waals surface area contributed by atoms with Crippen LogP contribution >= 0.6 is 0 Å². The Labute approximate surface area is 191 Å². The van der Waals surface area contributed by atoms with Crippen LogP contribution in [0.3, 0.4) is 0 Å². The fourth-order valence-corrected chi connectivity index (χ4v) is 3.46. The summed E-state index contributed by atoms with van der Waals surface area (Å²) in [5, 5.41) is 3.36. The Balaban J connectivity index is 1.75. The summed E-state index contributed by atoms with van der Waals surface area (Å²) in [5.41, 5.74) is 1.06. The maximum atomic E-state index is 12.7. The molecule has 9 heteroatoms. The van der Waals surface area contributed by atoms with E-state index in [-0.39, 0.29) is 37.5 Å². The van der Waals surface area contributed by atoms with Crippen LogP contribution in [0.15, 0.2) is 53.6 Å². The van der Waals surface area contributed by atoms with E-state index < -0.39 is 12.0 Å². The van der Waals surface area contributed by atoms with Crippen LogP contribution in [0.4, 0.5) is 0 Å². The van der Waals surface area contributed by atoms with Crippen molar-refractivity contribution in [2.45, 2.75) is 32.4 Å². The van der Waals surface area contributed by atoms with Gasteiger partial charge in [-0.2, -0.15) is 0 Å². The molecule has 0 radical (unpaired) electrons. The number of fused-ring (bicyclic) bond motifs is 1. The number of carbonyl (C=O) groups is 2. The van der Waals surface area contributed by atoms with Crippen LogP contribution in [0.2, 0.25) is 0 Å². The second kappa shape index (κ2) is 11.1. The minimum Gasteiger partial charge on any atom is -0.493 e. The van der Waals surface area contributed by atoms with Gasteiger partial charge in [-0.25, -0.2) is 4.98 Å². The lowest BCUT2D eigenvalue weighted by molar-refractivity contribution is -0.143. The Morgan fingerprint density at radius 3 is 2.58 bits per heavy atom. The summed E-state index contributed by atoms with van der Waals surface area (Å²) in [5.74, 6) is 0.254. The highest BCUT2D eigenvalue weighted by molar-refractivity contribution is 5.79. The van der Waals surface area contributed by atoms with Crippen molar-refractivity contribution >= 4 is 22.8 Å². The third-order valence-corrected chi connectivity index (χ3v) is 5.13. The zero-order valence-corrected chi connectivity index (χ0v) is 18.9. The van der Waals surface area contributed by atoms with Gasteiger partial charge in [-0.15, -0.1) is 0 Å². The molecule has 33 heavy (non-hydrogen) atoms. The largest absolute Gasteiger partial charge is 0.493 e. The van der Waals surface area contributed by atoms with E-state index in [2.05, 4.69) is 10.3 Å². The molecule has 3 rings (SSSR count). The summed E-state index contributed by atoms with van der Waals surface area (Å²) in [7, 11) is 3.04. The zero-order valence-electron chi connectivity index (χ0n) is 18.9. The summed E-state index contributed by atoms with van der Waals surface area (Å²) in [6, 6.07) is 11.6. The van der Waals surface area contributed by atoms with Crippen LogP contribution in [-0.4, -0.2) is 42.3 Å². The second-order valence-electron chi connectivity index (χ2n) is 7.25. The van der Waals surface area contributed by atoms with Crippen molar-refractivity contribution in [1.29, 1.82) is 0 Å². The monoisotopic (exact) mass is 453 g/mol. The first-order valence-corrected chi connectivity index (χ1v) is 10.6. The summed E-state index contributed by atoms with van der Waals surface area (Å²) >= 11 is 0. The van der Waals surface area contributed by atoms with Crippen LogP contribution in [0.25, 0.3) is 10.9 Å². The van der Waals surface area contributed by atoms with Crippen molar-refractivity contribution in [2.24, 2.45) is 0 Å². The van der Waals surface area contributed by atoms with Gasteiger partial charge in [0.15, 0.2) is 11.5 Å². The number of nitrogens with zero attached hydrogens (tertiary/aromatic N) is 2. The average Bonchev–Trinajstić information content (AvgIpc) is 2.83. The van der Waals surface area contributed by atoms with Crippen molar-refractivity contribution < 1.29 is 23.8 Å². The number of hydrogen-bond acceptors (Lipinski definition) is 7. The number of benzene rings is 2. The second-order valence-corrected chi connectivity index (χ2v) is 7.25. The van der Waals surface area contributed by atoms with Crippen LogP contribution in [0.1, 0.15) is 31.4 Å². The highest BCUT2D eigenvalue weighted by atomic mass is 16.5. The quantitative estimate of drug-likeness (QED) is 0.470. The molecular formula is C24H27N3O6. The van der Waals surface area contributed by atoms with Crippen LogP contribution in [-0.2, 0) is 20.9 Å². The van der Waals surface area contributed by atoms with Gasteiger partial charge in [0.05, 0.1) is 50.5 Å². The molecule has 1 heterocycles. The molecule has 1 N–H and O–H groups in total. The number of esters is 1. The average molecular weight is 453 g/mol. The number of carbonyl (C=O) groups excluding carboxylic acids is 2. The van der Waals surface area contributed by atoms with E-state index in [0.717, 1.165) is 0 Å². The number of aryl methyl sites for hydroxylation is 1. The summed E-state index contributed by atoms with van der Waals surface area (Å²) in [4.78, 5) is 41.8. The minimum atomic E-state index is -0.636. The molecule has 3 aromatic rings. The third kappa shape index (κ3) is 5.88. The van der Waals surface area contributed by atoms with Gasteiger partial charge < -0.3 is 19.5 Å². The van der Waals surface area contributed by atoms with E-state index in [1.165, 1.54) is 25.1 Å². The third-order valence-electron chi connectivity index (χ3n) is 5.13. The standard InChI is InChI=1S/C24H27N3O6/c1-4-33-23(29)14-19(16-9-10-20(31-2)21(13-16)32-3)26-22(28)11-12-27-15-25-18-8-6-5-7-17(18)24(27)30/h5-10,13,15,19H,4,11-12,14H2,1-3H3,(H,26,28). The topological polar surface area (TPSA) is 109 Å². The van der Waals surface area contributed by atoms with Crippen molar-refractivity contribution in [2.75, 3.05) is 20.8 Å². The smallest absolute Gasteiger partial charge is 0.308 e. The number of methoxy groups -OCH3 is 2. The lowest BCUT2D eigenvalue weighted by atomic mass is 10.0. The molecule has 0 fully saturated rings. The molecule has 0 bridgehead atoms. The lowest BCUT2D eigenvalue weighted by Crippen LogP contribution is -2.32. The van der Waals surface area contributed by atoms with E-state index in [0.29, 0.717) is 28.0 Å². The van der Waals surface area contributed by atoms with Gasteiger partial charge in [-0.1, -0.05) is 18.2 Å². The lowest BCUT2D eigenvalue weighted by Gasteiger charge is -2.20.